The van der Waals surface area contributed by atoms with Gasteiger partial charge in [0.1, 0.15) is 0 Å². The molecule has 1 unspecified atom stereocenters. The molecule has 106 valence electrons. The molecule has 4 nitrogen and oxygen atoms in total. The van der Waals surface area contributed by atoms with Crippen molar-refractivity contribution in [3.63, 3.8) is 0 Å². The van der Waals surface area contributed by atoms with Gasteiger partial charge in [-0.15, -0.1) is 0 Å². The molecule has 0 bridgehead atoms. The minimum atomic E-state index is -0.700. The highest BCUT2D eigenvalue weighted by atomic mass is 16.5. The molecule has 1 aliphatic heterocycles. The van der Waals surface area contributed by atoms with Crippen LogP contribution in [0.1, 0.15) is 52.4 Å². The Hall–Kier alpha value is -0.610. The Morgan fingerprint density at radius 3 is 2.78 bits per heavy atom. The van der Waals surface area contributed by atoms with Crippen molar-refractivity contribution in [1.82, 2.24) is 5.32 Å². The first-order chi connectivity index (χ1) is 8.49. The van der Waals surface area contributed by atoms with Crippen molar-refractivity contribution in [2.24, 2.45) is 5.41 Å². The number of carboxylic acid groups (broad SMARTS) is 1. The number of nitrogens with one attached hydrogen (secondary N) is 1. The molecule has 0 saturated carbocycles. The minimum absolute atomic E-state index is 0.106. The van der Waals surface area contributed by atoms with Gasteiger partial charge in [0.15, 0.2) is 0 Å². The number of aliphatic carboxylic acids is 1. The number of carboxylic acids is 1. The monoisotopic (exact) mass is 257 g/mol. The van der Waals surface area contributed by atoms with Crippen LogP contribution in [-0.2, 0) is 9.53 Å². The third-order valence-corrected chi connectivity index (χ3v) is 3.66. The highest BCUT2D eigenvalue weighted by Crippen LogP contribution is 2.26. The van der Waals surface area contributed by atoms with Gasteiger partial charge in [-0.25, -0.2) is 0 Å². The second-order valence-electron chi connectivity index (χ2n) is 5.98. The zero-order chi connectivity index (χ0) is 13.4. The van der Waals surface area contributed by atoms with E-state index in [1.807, 2.05) is 0 Å². The average Bonchev–Trinajstić information content (AvgIpc) is 2.79. The lowest BCUT2D eigenvalue weighted by Crippen LogP contribution is -2.25. The third kappa shape index (κ3) is 6.97. The summed E-state index contributed by atoms with van der Waals surface area (Å²) < 4.78 is 5.56. The first kappa shape index (κ1) is 15.4. The van der Waals surface area contributed by atoms with Crippen LogP contribution in [0, 0.1) is 5.41 Å². The highest BCUT2D eigenvalue weighted by molar-refractivity contribution is 5.66. The van der Waals surface area contributed by atoms with Crippen molar-refractivity contribution in [3.05, 3.63) is 0 Å². The van der Waals surface area contributed by atoms with Crippen molar-refractivity contribution >= 4 is 5.97 Å². The number of carbonyl (C=O) groups is 1. The summed E-state index contributed by atoms with van der Waals surface area (Å²) in [7, 11) is 0. The lowest BCUT2D eigenvalue weighted by atomic mass is 9.84. The van der Waals surface area contributed by atoms with E-state index < -0.39 is 5.97 Å². The minimum Gasteiger partial charge on any atom is -0.481 e. The topological polar surface area (TPSA) is 58.6 Å². The lowest BCUT2D eigenvalue weighted by Gasteiger charge is -2.24. The second kappa shape index (κ2) is 7.74. The molecule has 0 aromatic carbocycles. The quantitative estimate of drug-likeness (QED) is 0.623. The average molecular weight is 257 g/mol. The zero-order valence-corrected chi connectivity index (χ0v) is 11.7. The first-order valence-corrected chi connectivity index (χ1v) is 7.04. The Morgan fingerprint density at radius 1 is 1.39 bits per heavy atom. The predicted octanol–water partition coefficient (Wildman–Crippen LogP) is 2.43. The highest BCUT2D eigenvalue weighted by Gasteiger charge is 2.19. The van der Waals surface area contributed by atoms with Crippen molar-refractivity contribution in [3.8, 4) is 0 Å². The Bertz CT molecular complexity index is 247. The standard InChI is InChI=1S/C14H27NO3/c1-14(2,7-5-13(16)17)8-10-15-9-6-12-4-3-11-18-12/h12,15H,3-11H2,1-2H3,(H,16,17). The van der Waals surface area contributed by atoms with Crippen LogP contribution in [0.3, 0.4) is 0 Å². The Labute approximate surface area is 110 Å². The van der Waals surface area contributed by atoms with Crippen LogP contribution >= 0.6 is 0 Å². The molecule has 1 aliphatic rings. The van der Waals surface area contributed by atoms with E-state index in [1.54, 1.807) is 0 Å². The van der Waals surface area contributed by atoms with Crippen LogP contribution in [0.4, 0.5) is 0 Å². The summed E-state index contributed by atoms with van der Waals surface area (Å²) in [5.41, 5.74) is 0.106. The molecule has 0 spiro atoms. The fourth-order valence-corrected chi connectivity index (χ4v) is 2.26. The van der Waals surface area contributed by atoms with E-state index in [2.05, 4.69) is 19.2 Å². The summed E-state index contributed by atoms with van der Waals surface area (Å²) >= 11 is 0. The van der Waals surface area contributed by atoms with Gasteiger partial charge in [-0.3, -0.25) is 4.79 Å². The summed E-state index contributed by atoms with van der Waals surface area (Å²) in [6, 6.07) is 0. The smallest absolute Gasteiger partial charge is 0.303 e. The van der Waals surface area contributed by atoms with E-state index in [9.17, 15) is 4.79 Å². The van der Waals surface area contributed by atoms with Gasteiger partial charge in [0.2, 0.25) is 0 Å². The lowest BCUT2D eigenvalue weighted by molar-refractivity contribution is -0.137. The van der Waals surface area contributed by atoms with Gasteiger partial charge in [0.25, 0.3) is 0 Å². The van der Waals surface area contributed by atoms with Crippen LogP contribution in [-0.4, -0.2) is 36.9 Å². The van der Waals surface area contributed by atoms with Crippen LogP contribution in [0.5, 0.6) is 0 Å². The largest absolute Gasteiger partial charge is 0.481 e. The Balaban J connectivity index is 1.99. The molecule has 1 atom stereocenters. The molecule has 1 rings (SSSR count). The maximum absolute atomic E-state index is 10.5. The molecule has 18 heavy (non-hydrogen) atoms. The second-order valence-corrected chi connectivity index (χ2v) is 5.98. The number of rotatable bonds is 9. The summed E-state index contributed by atoms with van der Waals surface area (Å²) in [6.07, 6.45) is 5.98. The molecule has 0 radical (unpaired) electrons. The summed E-state index contributed by atoms with van der Waals surface area (Å²) in [6.45, 7) is 7.15. The molecule has 0 amide bonds. The van der Waals surface area contributed by atoms with Crippen LogP contribution in [0.15, 0.2) is 0 Å². The van der Waals surface area contributed by atoms with E-state index in [4.69, 9.17) is 9.84 Å². The summed E-state index contributed by atoms with van der Waals surface area (Å²) in [5, 5.41) is 12.1. The molecule has 1 fully saturated rings. The van der Waals surface area contributed by atoms with Crippen molar-refractivity contribution in [2.75, 3.05) is 19.7 Å². The van der Waals surface area contributed by atoms with Gasteiger partial charge in [0.05, 0.1) is 6.10 Å². The predicted molar refractivity (Wildman–Crippen MR) is 71.7 cm³/mol. The summed E-state index contributed by atoms with van der Waals surface area (Å²) in [4.78, 5) is 10.5. The Morgan fingerprint density at radius 2 is 2.17 bits per heavy atom. The maximum Gasteiger partial charge on any atom is 0.303 e. The maximum atomic E-state index is 10.5. The van der Waals surface area contributed by atoms with Gasteiger partial charge >= 0.3 is 5.97 Å². The first-order valence-electron chi connectivity index (χ1n) is 7.04. The van der Waals surface area contributed by atoms with Crippen LogP contribution in [0.2, 0.25) is 0 Å². The zero-order valence-electron chi connectivity index (χ0n) is 11.7. The van der Waals surface area contributed by atoms with Crippen molar-refractivity contribution < 1.29 is 14.6 Å². The van der Waals surface area contributed by atoms with E-state index >= 15 is 0 Å². The van der Waals surface area contributed by atoms with Gasteiger partial charge in [-0.2, -0.15) is 0 Å². The molecule has 1 saturated heterocycles. The van der Waals surface area contributed by atoms with E-state index in [1.165, 1.54) is 12.8 Å². The number of hydrogen-bond donors (Lipinski definition) is 2. The van der Waals surface area contributed by atoms with Gasteiger partial charge < -0.3 is 15.2 Å². The van der Waals surface area contributed by atoms with Crippen LogP contribution < -0.4 is 5.32 Å². The normalized spacial score (nSPS) is 20.2. The van der Waals surface area contributed by atoms with E-state index in [-0.39, 0.29) is 11.8 Å². The van der Waals surface area contributed by atoms with Crippen molar-refractivity contribution in [1.29, 1.82) is 0 Å². The van der Waals surface area contributed by atoms with Crippen molar-refractivity contribution in [2.45, 2.75) is 58.5 Å². The number of ether oxygens (including phenoxy) is 1. The number of hydrogen-bond acceptors (Lipinski definition) is 3. The Kier molecular flexibility index (Phi) is 6.65. The molecule has 2 N–H and O–H groups in total. The molecular formula is C14H27NO3. The molecule has 0 aromatic rings. The fraction of sp³-hybridized carbons (Fsp3) is 0.929. The van der Waals surface area contributed by atoms with Gasteiger partial charge in [0, 0.05) is 13.0 Å². The fourth-order valence-electron chi connectivity index (χ4n) is 2.26. The summed E-state index contributed by atoms with van der Waals surface area (Å²) in [5.74, 6) is -0.700. The molecule has 0 aliphatic carbocycles. The molecular weight excluding hydrogens is 230 g/mol. The van der Waals surface area contributed by atoms with Crippen LogP contribution in [0.25, 0.3) is 0 Å². The van der Waals surface area contributed by atoms with E-state index in [0.29, 0.717) is 6.10 Å². The van der Waals surface area contributed by atoms with E-state index in [0.717, 1.165) is 39.0 Å². The SMILES string of the molecule is CC(C)(CCNCCC1CCCO1)CCC(=O)O. The van der Waals surface area contributed by atoms with Gasteiger partial charge in [-0.05, 0) is 50.6 Å². The third-order valence-electron chi connectivity index (χ3n) is 3.66. The van der Waals surface area contributed by atoms with Gasteiger partial charge in [-0.1, -0.05) is 13.8 Å². The molecule has 1 heterocycles. The molecule has 4 heteroatoms. The molecule has 0 aromatic heterocycles.